The van der Waals surface area contributed by atoms with Gasteiger partial charge in [0.1, 0.15) is 5.69 Å². The second-order valence-electron chi connectivity index (χ2n) is 4.18. The summed E-state index contributed by atoms with van der Waals surface area (Å²) in [7, 11) is 4.84. The van der Waals surface area contributed by atoms with Crippen molar-refractivity contribution in [3.05, 3.63) is 24.2 Å². The third-order valence-corrected chi connectivity index (χ3v) is 2.78. The van der Waals surface area contributed by atoms with E-state index in [9.17, 15) is 4.79 Å². The van der Waals surface area contributed by atoms with Crippen molar-refractivity contribution < 1.29 is 14.3 Å². The zero-order valence-corrected chi connectivity index (χ0v) is 11.6. The average Bonchev–Trinajstić information content (AvgIpc) is 3.08. The molecule has 0 radical (unpaired) electrons. The van der Waals surface area contributed by atoms with Crippen LogP contribution in [0, 0.1) is 0 Å². The summed E-state index contributed by atoms with van der Waals surface area (Å²) >= 11 is 0. The van der Waals surface area contributed by atoms with Crippen LogP contribution in [-0.4, -0.2) is 52.9 Å². The fourth-order valence-corrected chi connectivity index (χ4v) is 1.67. The number of aromatic nitrogens is 4. The molecule has 2 heterocycles. The first-order valence-electron chi connectivity index (χ1n) is 6.02. The van der Waals surface area contributed by atoms with Crippen LogP contribution in [0.3, 0.4) is 0 Å². The lowest BCUT2D eigenvalue weighted by molar-refractivity contribution is -0.0974. The van der Waals surface area contributed by atoms with Crippen LogP contribution in [-0.2, 0) is 16.5 Å². The van der Waals surface area contributed by atoms with E-state index in [-0.39, 0.29) is 12.5 Å². The van der Waals surface area contributed by atoms with Crippen molar-refractivity contribution in [2.75, 3.05) is 20.8 Å². The van der Waals surface area contributed by atoms with Crippen LogP contribution in [0.4, 0.5) is 0 Å². The number of ether oxygens (including phenoxy) is 2. The SMILES string of the molecule is COC(CNC(=O)c1cc(-c2cnn(C)c2)n[nH]1)OC. The highest BCUT2D eigenvalue weighted by Crippen LogP contribution is 2.16. The highest BCUT2D eigenvalue weighted by molar-refractivity contribution is 5.93. The molecule has 0 atom stereocenters. The van der Waals surface area contributed by atoms with Gasteiger partial charge in [0.2, 0.25) is 0 Å². The Balaban J connectivity index is 1.99. The van der Waals surface area contributed by atoms with Gasteiger partial charge in [-0.05, 0) is 6.07 Å². The first-order chi connectivity index (χ1) is 9.63. The second kappa shape index (κ2) is 6.31. The summed E-state index contributed by atoms with van der Waals surface area (Å²) in [5.41, 5.74) is 1.88. The fourth-order valence-electron chi connectivity index (χ4n) is 1.67. The van der Waals surface area contributed by atoms with Crippen molar-refractivity contribution in [1.82, 2.24) is 25.3 Å². The number of methoxy groups -OCH3 is 2. The van der Waals surface area contributed by atoms with Gasteiger partial charge >= 0.3 is 0 Å². The van der Waals surface area contributed by atoms with E-state index in [0.29, 0.717) is 11.4 Å². The lowest BCUT2D eigenvalue weighted by Crippen LogP contribution is -2.34. The largest absolute Gasteiger partial charge is 0.354 e. The van der Waals surface area contributed by atoms with Crippen molar-refractivity contribution in [1.29, 1.82) is 0 Å². The summed E-state index contributed by atoms with van der Waals surface area (Å²) < 4.78 is 11.7. The molecule has 0 spiro atoms. The van der Waals surface area contributed by atoms with Crippen molar-refractivity contribution >= 4 is 5.91 Å². The molecule has 2 aromatic rings. The number of nitrogens with zero attached hydrogens (tertiary/aromatic N) is 3. The van der Waals surface area contributed by atoms with E-state index in [1.54, 1.807) is 16.9 Å². The van der Waals surface area contributed by atoms with Crippen molar-refractivity contribution in [2.24, 2.45) is 7.05 Å². The molecule has 0 saturated heterocycles. The Morgan fingerprint density at radius 2 is 2.25 bits per heavy atom. The monoisotopic (exact) mass is 279 g/mol. The van der Waals surface area contributed by atoms with Gasteiger partial charge in [0, 0.05) is 33.0 Å². The van der Waals surface area contributed by atoms with Crippen molar-refractivity contribution in [3.63, 3.8) is 0 Å². The summed E-state index contributed by atoms with van der Waals surface area (Å²) in [6.07, 6.45) is 3.03. The fraction of sp³-hybridized carbons (Fsp3) is 0.417. The van der Waals surface area contributed by atoms with Crippen molar-refractivity contribution in [3.8, 4) is 11.3 Å². The zero-order chi connectivity index (χ0) is 14.5. The Labute approximate surface area is 116 Å². The lowest BCUT2D eigenvalue weighted by Gasteiger charge is -2.13. The molecule has 2 aromatic heterocycles. The summed E-state index contributed by atoms with van der Waals surface area (Å²) in [6.45, 7) is 0.257. The van der Waals surface area contributed by atoms with Gasteiger partial charge in [-0.25, -0.2) is 0 Å². The predicted octanol–water partition coefficient (Wildman–Crippen LogP) is 0.159. The minimum absolute atomic E-state index is 0.257. The normalized spacial score (nSPS) is 11.0. The summed E-state index contributed by atoms with van der Waals surface area (Å²) in [4.78, 5) is 11.9. The molecule has 0 aliphatic heterocycles. The van der Waals surface area contributed by atoms with Crippen LogP contribution >= 0.6 is 0 Å². The first-order valence-corrected chi connectivity index (χ1v) is 6.02. The van der Waals surface area contributed by atoms with E-state index in [1.165, 1.54) is 14.2 Å². The van der Waals surface area contributed by atoms with Gasteiger partial charge in [-0.1, -0.05) is 0 Å². The van der Waals surface area contributed by atoms with Gasteiger partial charge < -0.3 is 14.8 Å². The van der Waals surface area contributed by atoms with Crippen LogP contribution in [0.15, 0.2) is 18.5 Å². The third-order valence-electron chi connectivity index (χ3n) is 2.78. The highest BCUT2D eigenvalue weighted by Gasteiger charge is 2.13. The van der Waals surface area contributed by atoms with Crippen LogP contribution in [0.25, 0.3) is 11.3 Å². The third kappa shape index (κ3) is 3.22. The summed E-state index contributed by atoms with van der Waals surface area (Å²) in [5, 5.41) is 13.5. The summed E-state index contributed by atoms with van der Waals surface area (Å²) in [5.74, 6) is -0.272. The van der Waals surface area contributed by atoms with Gasteiger partial charge in [0.15, 0.2) is 6.29 Å². The molecule has 1 amide bonds. The number of amides is 1. The molecule has 0 unspecified atom stereocenters. The molecule has 0 aromatic carbocycles. The standard InChI is InChI=1S/C12H17N5O3/c1-17-7-8(5-14-17)9-4-10(16-15-9)12(18)13-6-11(19-2)20-3/h4-5,7,11H,6H2,1-3H3,(H,13,18)(H,15,16). The molecule has 20 heavy (non-hydrogen) atoms. The van der Waals surface area contributed by atoms with Crippen molar-refractivity contribution in [2.45, 2.75) is 6.29 Å². The predicted molar refractivity (Wildman–Crippen MR) is 70.9 cm³/mol. The molecular weight excluding hydrogens is 262 g/mol. The van der Waals surface area contributed by atoms with Gasteiger partial charge in [-0.3, -0.25) is 14.6 Å². The molecule has 0 aliphatic carbocycles. The molecule has 2 rings (SSSR count). The minimum atomic E-state index is -0.473. The number of H-pyrrole nitrogens is 1. The number of rotatable bonds is 6. The van der Waals surface area contributed by atoms with E-state index in [2.05, 4.69) is 20.6 Å². The Bertz CT molecular complexity index is 573. The number of aryl methyl sites for hydroxylation is 1. The maximum atomic E-state index is 11.9. The maximum Gasteiger partial charge on any atom is 0.269 e. The molecule has 0 saturated carbocycles. The number of carbonyl (C=O) groups excluding carboxylic acids is 1. The Kier molecular flexibility index (Phi) is 4.49. The molecule has 2 N–H and O–H groups in total. The summed E-state index contributed by atoms with van der Waals surface area (Å²) in [6, 6.07) is 1.67. The van der Waals surface area contributed by atoms with E-state index >= 15 is 0 Å². The minimum Gasteiger partial charge on any atom is -0.354 e. The zero-order valence-electron chi connectivity index (χ0n) is 11.6. The Hall–Kier alpha value is -2.19. The Morgan fingerprint density at radius 3 is 2.85 bits per heavy atom. The Morgan fingerprint density at radius 1 is 1.50 bits per heavy atom. The average molecular weight is 279 g/mol. The van der Waals surface area contributed by atoms with Crippen LogP contribution in [0.5, 0.6) is 0 Å². The lowest BCUT2D eigenvalue weighted by atomic mass is 10.2. The highest BCUT2D eigenvalue weighted by atomic mass is 16.7. The first kappa shape index (κ1) is 14.2. The van der Waals surface area contributed by atoms with Gasteiger partial charge in [-0.15, -0.1) is 0 Å². The molecule has 8 nitrogen and oxygen atoms in total. The second-order valence-corrected chi connectivity index (χ2v) is 4.18. The van der Waals surface area contributed by atoms with Gasteiger partial charge in [0.25, 0.3) is 5.91 Å². The number of nitrogens with one attached hydrogen (secondary N) is 2. The molecule has 0 fully saturated rings. The number of aromatic amines is 1. The van der Waals surface area contributed by atoms with E-state index < -0.39 is 6.29 Å². The number of hydrogen-bond acceptors (Lipinski definition) is 5. The van der Waals surface area contributed by atoms with Crippen LogP contribution in [0.1, 0.15) is 10.5 Å². The smallest absolute Gasteiger partial charge is 0.269 e. The molecule has 108 valence electrons. The van der Waals surface area contributed by atoms with Crippen LogP contribution < -0.4 is 5.32 Å². The molecule has 0 aliphatic rings. The quantitative estimate of drug-likeness (QED) is 0.735. The molecular formula is C12H17N5O3. The van der Waals surface area contributed by atoms with Gasteiger partial charge in [0.05, 0.1) is 18.4 Å². The van der Waals surface area contributed by atoms with E-state index in [0.717, 1.165) is 5.56 Å². The van der Waals surface area contributed by atoms with E-state index in [4.69, 9.17) is 9.47 Å². The maximum absolute atomic E-state index is 11.9. The molecule has 8 heteroatoms. The number of carbonyl (C=O) groups is 1. The number of hydrogen-bond donors (Lipinski definition) is 2. The molecule has 0 bridgehead atoms. The van der Waals surface area contributed by atoms with E-state index in [1.807, 2.05) is 13.2 Å². The van der Waals surface area contributed by atoms with Gasteiger partial charge in [-0.2, -0.15) is 10.2 Å². The topological polar surface area (TPSA) is 94.1 Å². The van der Waals surface area contributed by atoms with Crippen LogP contribution in [0.2, 0.25) is 0 Å².